The quantitative estimate of drug-likeness (QED) is 0.604. The maximum atomic E-state index is 13.1. The van der Waals surface area contributed by atoms with E-state index < -0.39 is 0 Å². The molecule has 0 bridgehead atoms. The number of carbonyl (C=O) groups is 2. The number of carbonyl (C=O) groups excluding carboxylic acids is 2. The zero-order valence-electron chi connectivity index (χ0n) is 18.0. The predicted octanol–water partition coefficient (Wildman–Crippen LogP) is 4.77. The third-order valence-corrected chi connectivity index (χ3v) is 5.79. The van der Waals surface area contributed by atoms with Gasteiger partial charge in [-0.3, -0.25) is 9.59 Å². The highest BCUT2D eigenvalue weighted by Crippen LogP contribution is 2.33. The van der Waals surface area contributed by atoms with Crippen molar-refractivity contribution in [2.24, 2.45) is 0 Å². The van der Waals surface area contributed by atoms with E-state index in [0.29, 0.717) is 6.54 Å². The van der Waals surface area contributed by atoms with Gasteiger partial charge in [-0.2, -0.15) is 0 Å². The van der Waals surface area contributed by atoms with Crippen LogP contribution in [-0.2, 0) is 16.1 Å². The minimum atomic E-state index is -0.294. The van der Waals surface area contributed by atoms with Gasteiger partial charge in [-0.25, -0.2) is 0 Å². The Balaban J connectivity index is 1.51. The Morgan fingerprint density at radius 1 is 1.03 bits per heavy atom. The summed E-state index contributed by atoms with van der Waals surface area (Å²) in [5, 5.41) is 2.20. The van der Waals surface area contributed by atoms with Crippen molar-refractivity contribution >= 4 is 28.7 Å². The fourth-order valence-electron chi connectivity index (χ4n) is 4.10. The van der Waals surface area contributed by atoms with Crippen LogP contribution in [0.4, 0.5) is 0 Å². The lowest BCUT2D eigenvalue weighted by molar-refractivity contribution is -0.134. The Labute approximate surface area is 182 Å². The summed E-state index contributed by atoms with van der Waals surface area (Å²) in [6.45, 7) is 2.04. The highest BCUT2D eigenvalue weighted by Gasteiger charge is 2.29. The molecule has 0 fully saturated rings. The summed E-state index contributed by atoms with van der Waals surface area (Å²) in [4.78, 5) is 28.6. The monoisotopic (exact) mass is 414 g/mol. The summed E-state index contributed by atoms with van der Waals surface area (Å²) in [5.74, 6) is 0.747. The van der Waals surface area contributed by atoms with Crippen molar-refractivity contribution in [2.75, 3.05) is 14.2 Å². The summed E-state index contributed by atoms with van der Waals surface area (Å²) >= 11 is 0. The molecule has 0 spiro atoms. The molecule has 0 unspecified atom stereocenters. The summed E-state index contributed by atoms with van der Waals surface area (Å²) in [6, 6.07) is 19.8. The zero-order valence-corrected chi connectivity index (χ0v) is 18.0. The number of methoxy groups -OCH3 is 1. The first-order chi connectivity index (χ1) is 15.0. The second-order valence-corrected chi connectivity index (χ2v) is 7.89. The molecule has 1 aliphatic heterocycles. The van der Waals surface area contributed by atoms with Crippen LogP contribution in [0.1, 0.15) is 36.1 Å². The number of rotatable bonds is 5. The van der Waals surface area contributed by atoms with Crippen molar-refractivity contribution in [1.82, 2.24) is 9.80 Å². The molecule has 0 saturated carbocycles. The molecule has 1 atom stereocenters. The van der Waals surface area contributed by atoms with Crippen LogP contribution in [-0.4, -0.2) is 35.8 Å². The lowest BCUT2D eigenvalue weighted by Gasteiger charge is -2.33. The molecule has 5 nitrogen and oxygen atoms in total. The van der Waals surface area contributed by atoms with Crippen molar-refractivity contribution in [2.45, 2.75) is 25.9 Å². The summed E-state index contributed by atoms with van der Waals surface area (Å²) in [7, 11) is 3.47. The Kier molecular flexibility index (Phi) is 5.76. The Morgan fingerprint density at radius 2 is 1.77 bits per heavy atom. The summed E-state index contributed by atoms with van der Waals surface area (Å²) in [5.41, 5.74) is 3.10. The molecule has 0 radical (unpaired) electrons. The van der Waals surface area contributed by atoms with Crippen LogP contribution >= 0.6 is 0 Å². The molecule has 2 amide bonds. The van der Waals surface area contributed by atoms with Crippen LogP contribution in [0.25, 0.3) is 16.8 Å². The van der Waals surface area contributed by atoms with Gasteiger partial charge in [-0.1, -0.05) is 42.5 Å². The van der Waals surface area contributed by atoms with Crippen LogP contribution in [0.15, 0.2) is 66.9 Å². The fourth-order valence-corrected chi connectivity index (χ4v) is 4.10. The van der Waals surface area contributed by atoms with E-state index in [1.165, 1.54) is 6.92 Å². The number of amides is 2. The van der Waals surface area contributed by atoms with Crippen molar-refractivity contribution in [1.29, 1.82) is 0 Å². The Morgan fingerprint density at radius 3 is 2.55 bits per heavy atom. The van der Waals surface area contributed by atoms with E-state index in [1.807, 2.05) is 67.7 Å². The molecule has 4 rings (SSSR count). The smallest absolute Gasteiger partial charge is 0.225 e. The number of hydrogen-bond acceptors (Lipinski definition) is 3. The Bertz CT molecular complexity index is 1170. The van der Waals surface area contributed by atoms with E-state index in [1.54, 1.807) is 23.1 Å². The molecule has 0 N–H and O–H groups in total. The third kappa shape index (κ3) is 4.31. The largest absolute Gasteiger partial charge is 0.497 e. The van der Waals surface area contributed by atoms with Crippen molar-refractivity contribution in [3.05, 3.63) is 83.6 Å². The van der Waals surface area contributed by atoms with Crippen molar-refractivity contribution in [3.63, 3.8) is 0 Å². The van der Waals surface area contributed by atoms with Gasteiger partial charge in [-0.15, -0.1) is 0 Å². The summed E-state index contributed by atoms with van der Waals surface area (Å²) in [6.07, 6.45) is 3.94. The number of ether oxygens (including phenoxy) is 1. The molecule has 5 heteroatoms. The van der Waals surface area contributed by atoms with Crippen molar-refractivity contribution < 1.29 is 14.3 Å². The van der Waals surface area contributed by atoms with E-state index in [-0.39, 0.29) is 24.3 Å². The molecule has 1 heterocycles. The van der Waals surface area contributed by atoms with Gasteiger partial charge in [0.15, 0.2) is 0 Å². The van der Waals surface area contributed by atoms with E-state index >= 15 is 0 Å². The lowest BCUT2D eigenvalue weighted by atomic mass is 9.93. The molecular weight excluding hydrogens is 388 g/mol. The van der Waals surface area contributed by atoms with Gasteiger partial charge in [0, 0.05) is 26.7 Å². The standard InChI is InChI=1S/C26H26N2O3/c1-18(29)28-13-12-20-6-4-5-7-24(20)25(28)16-26(30)27(2)17-19-8-9-22-15-23(31-3)11-10-21(22)14-19/h4-15,25H,16-17H2,1-3H3/t25-/m1/s1. The maximum Gasteiger partial charge on any atom is 0.225 e. The molecular formula is C26H26N2O3. The number of hydrogen-bond donors (Lipinski definition) is 0. The molecule has 3 aromatic rings. The zero-order chi connectivity index (χ0) is 22.0. The van der Waals surface area contributed by atoms with Gasteiger partial charge >= 0.3 is 0 Å². The molecule has 158 valence electrons. The fraction of sp³-hybridized carbons (Fsp3) is 0.231. The molecule has 0 saturated heterocycles. The van der Waals surface area contributed by atoms with Gasteiger partial charge in [-0.05, 0) is 51.7 Å². The second-order valence-electron chi connectivity index (χ2n) is 7.89. The van der Waals surface area contributed by atoms with Crippen LogP contribution in [0.2, 0.25) is 0 Å². The van der Waals surface area contributed by atoms with Gasteiger partial charge in [0.25, 0.3) is 0 Å². The highest BCUT2D eigenvalue weighted by atomic mass is 16.5. The minimum Gasteiger partial charge on any atom is -0.497 e. The number of nitrogens with zero attached hydrogens (tertiary/aromatic N) is 2. The number of benzene rings is 3. The van der Waals surface area contributed by atoms with E-state index in [0.717, 1.165) is 33.2 Å². The average Bonchev–Trinajstić information content (AvgIpc) is 2.78. The van der Waals surface area contributed by atoms with Gasteiger partial charge in [0.2, 0.25) is 11.8 Å². The molecule has 31 heavy (non-hydrogen) atoms. The molecule has 3 aromatic carbocycles. The first-order valence-corrected chi connectivity index (χ1v) is 10.3. The van der Waals surface area contributed by atoms with E-state index in [2.05, 4.69) is 6.07 Å². The van der Waals surface area contributed by atoms with Gasteiger partial charge < -0.3 is 14.5 Å². The lowest BCUT2D eigenvalue weighted by Crippen LogP contribution is -2.35. The first kappa shape index (κ1) is 20.7. The molecule has 0 aromatic heterocycles. The molecule has 1 aliphatic rings. The SMILES string of the molecule is COc1ccc2cc(CN(C)C(=O)C[C@@H]3c4ccccc4C=CN3C(C)=O)ccc2c1. The Hall–Kier alpha value is -3.60. The van der Waals surface area contributed by atoms with Gasteiger partial charge in [0.1, 0.15) is 5.75 Å². The first-order valence-electron chi connectivity index (χ1n) is 10.3. The molecule has 0 aliphatic carbocycles. The topological polar surface area (TPSA) is 49.9 Å². The highest BCUT2D eigenvalue weighted by molar-refractivity contribution is 5.85. The van der Waals surface area contributed by atoms with Crippen LogP contribution in [0.5, 0.6) is 5.75 Å². The number of fused-ring (bicyclic) bond motifs is 2. The van der Waals surface area contributed by atoms with Crippen LogP contribution in [0.3, 0.4) is 0 Å². The predicted molar refractivity (Wildman–Crippen MR) is 122 cm³/mol. The maximum absolute atomic E-state index is 13.1. The normalized spacial score (nSPS) is 14.9. The minimum absolute atomic E-state index is 0.00354. The van der Waals surface area contributed by atoms with Crippen LogP contribution < -0.4 is 4.74 Å². The van der Waals surface area contributed by atoms with Gasteiger partial charge in [0.05, 0.1) is 19.6 Å². The van der Waals surface area contributed by atoms with Crippen LogP contribution in [0, 0.1) is 0 Å². The van der Waals surface area contributed by atoms with E-state index in [9.17, 15) is 9.59 Å². The van der Waals surface area contributed by atoms with E-state index in [4.69, 9.17) is 4.74 Å². The third-order valence-electron chi connectivity index (χ3n) is 5.79. The average molecular weight is 415 g/mol. The van der Waals surface area contributed by atoms with Crippen molar-refractivity contribution in [3.8, 4) is 5.75 Å². The summed E-state index contributed by atoms with van der Waals surface area (Å²) < 4.78 is 5.29. The second kappa shape index (κ2) is 8.64.